The van der Waals surface area contributed by atoms with E-state index < -0.39 is 16.7 Å². The maximum Gasteiger partial charge on any atom is 0.418 e. The Morgan fingerprint density at radius 2 is 1.84 bits per heavy atom. The molecule has 0 radical (unpaired) electrons. The molecular formula is C21H16ClF3N10O2S. The van der Waals surface area contributed by atoms with Gasteiger partial charge in [-0.05, 0) is 54.4 Å². The molecule has 4 aromatic rings. The molecule has 0 spiro atoms. The molecule has 3 aromatic heterocycles. The molecule has 12 nitrogen and oxygen atoms in total. The van der Waals surface area contributed by atoms with Gasteiger partial charge in [-0.3, -0.25) is 0 Å². The molecule has 0 saturated heterocycles. The fraction of sp³-hybridized carbons (Fsp3) is 0.0952. The first-order valence-electron chi connectivity index (χ1n) is 10.5. The number of halogens is 4. The smallest absolute Gasteiger partial charge is 0.358 e. The minimum Gasteiger partial charge on any atom is -0.358 e. The summed E-state index contributed by atoms with van der Waals surface area (Å²) in [6.45, 7) is 1.73. The summed E-state index contributed by atoms with van der Waals surface area (Å²) in [7, 11) is 0. The van der Waals surface area contributed by atoms with E-state index in [1.54, 1.807) is 25.1 Å². The number of anilines is 6. The van der Waals surface area contributed by atoms with E-state index in [1.807, 2.05) is 0 Å². The lowest BCUT2D eigenvalue weighted by Gasteiger charge is -2.16. The van der Waals surface area contributed by atoms with Crippen LogP contribution >= 0.6 is 23.8 Å². The lowest BCUT2D eigenvalue weighted by atomic mass is 10.1. The molecule has 0 bridgehead atoms. The van der Waals surface area contributed by atoms with Crippen LogP contribution in [0.4, 0.5) is 53.8 Å². The van der Waals surface area contributed by atoms with Crippen LogP contribution in [0.25, 0.3) is 0 Å². The van der Waals surface area contributed by atoms with Gasteiger partial charge in [0.2, 0.25) is 5.95 Å². The van der Waals surface area contributed by atoms with Crippen LogP contribution in [0.5, 0.6) is 0 Å². The number of nitrogens with one attached hydrogen (secondary N) is 5. The summed E-state index contributed by atoms with van der Waals surface area (Å²) in [4.78, 5) is 23.0. The molecule has 3 heterocycles. The fourth-order valence-electron chi connectivity index (χ4n) is 3.09. The molecule has 0 atom stereocenters. The Balaban J connectivity index is 1.40. The predicted molar refractivity (Wildman–Crippen MR) is 139 cm³/mol. The van der Waals surface area contributed by atoms with Crippen LogP contribution in [0, 0.1) is 17.0 Å². The molecule has 17 heteroatoms. The highest BCUT2D eigenvalue weighted by Crippen LogP contribution is 2.36. The van der Waals surface area contributed by atoms with Crippen molar-refractivity contribution in [2.45, 2.75) is 13.1 Å². The third-order valence-corrected chi connectivity index (χ3v) is 5.11. The number of alkyl halides is 3. The zero-order valence-corrected chi connectivity index (χ0v) is 20.7. The van der Waals surface area contributed by atoms with Crippen molar-refractivity contribution in [3.8, 4) is 0 Å². The topological polar surface area (TPSA) is 159 Å². The minimum atomic E-state index is -4.63. The van der Waals surface area contributed by atoms with Gasteiger partial charge in [-0.1, -0.05) is 16.7 Å². The van der Waals surface area contributed by atoms with Crippen LogP contribution < -0.4 is 21.3 Å². The molecule has 0 aliphatic carbocycles. The number of nitro groups is 1. The van der Waals surface area contributed by atoms with Crippen LogP contribution in [0.2, 0.25) is 5.02 Å². The van der Waals surface area contributed by atoms with Gasteiger partial charge in [-0.2, -0.15) is 18.2 Å². The lowest BCUT2D eigenvalue weighted by Crippen LogP contribution is -2.22. The van der Waals surface area contributed by atoms with Crippen molar-refractivity contribution >= 4 is 69.5 Å². The second-order valence-corrected chi connectivity index (χ2v) is 8.41. The number of pyridine rings is 1. The summed E-state index contributed by atoms with van der Waals surface area (Å²) in [6, 6.07) is 9.30. The van der Waals surface area contributed by atoms with E-state index in [0.29, 0.717) is 17.2 Å². The predicted octanol–water partition coefficient (Wildman–Crippen LogP) is 5.78. The van der Waals surface area contributed by atoms with Crippen molar-refractivity contribution in [2.24, 2.45) is 0 Å². The molecule has 196 valence electrons. The van der Waals surface area contributed by atoms with E-state index in [0.717, 1.165) is 6.07 Å². The molecule has 1 aromatic carbocycles. The van der Waals surface area contributed by atoms with Crippen molar-refractivity contribution in [1.29, 1.82) is 0 Å². The number of aryl methyl sites for hydroxylation is 1. The Kier molecular flexibility index (Phi) is 7.54. The van der Waals surface area contributed by atoms with Gasteiger partial charge in [-0.15, -0.1) is 5.10 Å². The monoisotopic (exact) mass is 564 g/mol. The molecule has 0 saturated carbocycles. The largest absolute Gasteiger partial charge is 0.418 e. The number of aromatic nitrogens is 5. The van der Waals surface area contributed by atoms with Crippen molar-refractivity contribution in [3.05, 3.63) is 75.1 Å². The average molecular weight is 565 g/mol. The zero-order valence-electron chi connectivity index (χ0n) is 19.1. The normalized spacial score (nSPS) is 11.1. The van der Waals surface area contributed by atoms with Gasteiger partial charge < -0.3 is 31.4 Å². The molecule has 0 fully saturated rings. The van der Waals surface area contributed by atoms with E-state index in [9.17, 15) is 23.3 Å². The number of rotatable bonds is 7. The molecule has 4 rings (SSSR count). The highest BCUT2D eigenvalue weighted by molar-refractivity contribution is 7.80. The third kappa shape index (κ3) is 6.80. The number of benzene rings is 1. The maximum atomic E-state index is 13.3. The summed E-state index contributed by atoms with van der Waals surface area (Å²) in [5, 5.41) is 27.8. The summed E-state index contributed by atoms with van der Waals surface area (Å²) in [5.41, 5.74) is -0.126. The van der Waals surface area contributed by atoms with Crippen molar-refractivity contribution in [3.63, 3.8) is 0 Å². The number of nitrogens with zero attached hydrogens (tertiary/aromatic N) is 5. The van der Waals surface area contributed by atoms with Gasteiger partial charge in [-0.25, -0.2) is 9.97 Å². The fourth-order valence-corrected chi connectivity index (χ4v) is 3.48. The van der Waals surface area contributed by atoms with Gasteiger partial charge in [0.25, 0.3) is 0 Å². The van der Waals surface area contributed by atoms with Gasteiger partial charge in [0.15, 0.2) is 10.9 Å². The lowest BCUT2D eigenvalue weighted by molar-refractivity contribution is -0.389. The van der Waals surface area contributed by atoms with E-state index >= 15 is 0 Å². The Hall–Kier alpha value is -4.57. The van der Waals surface area contributed by atoms with E-state index in [4.69, 9.17) is 23.8 Å². The van der Waals surface area contributed by atoms with E-state index in [2.05, 4.69) is 46.4 Å². The summed E-state index contributed by atoms with van der Waals surface area (Å²) < 4.78 is 39.9. The first-order valence-corrected chi connectivity index (χ1v) is 11.3. The second kappa shape index (κ2) is 10.8. The van der Waals surface area contributed by atoms with Gasteiger partial charge >= 0.3 is 12.0 Å². The Labute approximate surface area is 222 Å². The van der Waals surface area contributed by atoms with Crippen molar-refractivity contribution in [2.75, 3.05) is 21.3 Å². The molecular weight excluding hydrogens is 549 g/mol. The van der Waals surface area contributed by atoms with Gasteiger partial charge in [0, 0.05) is 16.8 Å². The average Bonchev–Trinajstić information content (AvgIpc) is 3.29. The highest BCUT2D eigenvalue weighted by atomic mass is 35.5. The van der Waals surface area contributed by atoms with Crippen LogP contribution in [0.3, 0.4) is 0 Å². The summed E-state index contributed by atoms with van der Waals surface area (Å²) in [5.74, 6) is 0.732. The second-order valence-electron chi connectivity index (χ2n) is 7.56. The molecule has 0 aliphatic rings. The highest BCUT2D eigenvalue weighted by Gasteiger charge is 2.34. The molecule has 38 heavy (non-hydrogen) atoms. The molecule has 0 aliphatic heterocycles. The maximum absolute atomic E-state index is 13.3. The number of thiocarbonyl (C=S) groups is 1. The SMILES string of the molecule is Cc1cc(Nc2cc([N+](=O)[O-])[nH]n2)nc(Nc2ccc(NC(=S)Nc3ccc(Cl)cc3C(F)(F)F)nc2)n1. The Morgan fingerprint density at radius 1 is 1.05 bits per heavy atom. The Morgan fingerprint density at radius 3 is 2.50 bits per heavy atom. The van der Waals surface area contributed by atoms with Gasteiger partial charge in [0.1, 0.15) is 11.6 Å². The van der Waals surface area contributed by atoms with E-state index in [1.165, 1.54) is 24.4 Å². The third-order valence-electron chi connectivity index (χ3n) is 4.67. The van der Waals surface area contributed by atoms with Crippen LogP contribution in [-0.2, 0) is 6.18 Å². The van der Waals surface area contributed by atoms with Crippen molar-refractivity contribution < 1.29 is 18.1 Å². The molecule has 0 amide bonds. The van der Waals surface area contributed by atoms with Crippen molar-refractivity contribution in [1.82, 2.24) is 25.1 Å². The number of hydrogen-bond donors (Lipinski definition) is 5. The van der Waals surface area contributed by atoms with Gasteiger partial charge in [0.05, 0.1) is 29.2 Å². The number of hydrogen-bond acceptors (Lipinski definition) is 9. The molecule has 0 unspecified atom stereocenters. The summed E-state index contributed by atoms with van der Waals surface area (Å²) in [6.07, 6.45) is -3.19. The number of aromatic amines is 1. The van der Waals surface area contributed by atoms with E-state index in [-0.39, 0.29) is 39.2 Å². The van der Waals surface area contributed by atoms with Crippen LogP contribution in [0.15, 0.2) is 48.7 Å². The number of H-pyrrole nitrogens is 1. The standard InChI is InChI=1S/C21H16ClF3N10O2S/c1-10-6-16(30-17-8-18(34-33-17)35(36)37)31-19(27-10)28-12-3-5-15(26-9-12)32-20(38)29-14-4-2-11(22)7-13(14)21(23,24)25/h2-9H,1H3,(H2,26,29,32,38)(H3,27,28,30,31,33,34). The van der Waals surface area contributed by atoms with Crippen LogP contribution in [-0.4, -0.2) is 35.2 Å². The first kappa shape index (κ1) is 26.5. The minimum absolute atomic E-state index is 0.0582. The zero-order chi connectivity index (χ0) is 27.4. The molecule has 5 N–H and O–H groups in total. The van der Waals surface area contributed by atoms with Crippen LogP contribution in [0.1, 0.15) is 11.3 Å². The first-order chi connectivity index (χ1) is 18.0. The summed E-state index contributed by atoms with van der Waals surface area (Å²) >= 11 is 10.8. The quantitative estimate of drug-likeness (QED) is 0.105. The Bertz CT molecular complexity index is 1500.